The highest BCUT2D eigenvalue weighted by molar-refractivity contribution is 5.99. The third kappa shape index (κ3) is 4.26. The second-order valence-corrected chi connectivity index (χ2v) is 12.7. The lowest BCUT2D eigenvalue weighted by atomic mass is 9.69. The molecule has 1 unspecified atom stereocenters. The molecule has 1 aromatic heterocycles. The number of aliphatic hydroxyl groups is 1. The first kappa shape index (κ1) is 27.5. The standard InChI is InChI=1S/C33H38N2O6/c1-7-35-30(37)27-23(15-32(35,4)5)41-24-16-33(12-13-33)14-21(36)26(24)28(27)25-18(3)19(9-11-22(25)40-6)20-10-8-17(2)29(34-20)31(38)39/h8-11,21,28,36H,7,12-16H2,1-6H3,(H,38,39)/t21?,28-/m1/s1. The smallest absolute Gasteiger partial charge is 0.354 e. The number of nitrogens with zero attached hydrogens (tertiary/aromatic N) is 2. The van der Waals surface area contributed by atoms with Crippen molar-refractivity contribution in [3.63, 3.8) is 0 Å². The highest BCUT2D eigenvalue weighted by atomic mass is 16.5. The van der Waals surface area contributed by atoms with E-state index >= 15 is 0 Å². The van der Waals surface area contributed by atoms with Crippen LogP contribution in [0, 0.1) is 19.3 Å². The number of carboxylic acid groups (broad SMARTS) is 1. The van der Waals surface area contributed by atoms with Crippen LogP contribution in [0.15, 0.2) is 46.9 Å². The zero-order valence-electron chi connectivity index (χ0n) is 24.6. The van der Waals surface area contributed by atoms with E-state index in [0.29, 0.717) is 47.7 Å². The maximum atomic E-state index is 14.3. The molecule has 1 spiro atoms. The monoisotopic (exact) mass is 558 g/mol. The van der Waals surface area contributed by atoms with Gasteiger partial charge in [0.2, 0.25) is 0 Å². The second-order valence-electron chi connectivity index (χ2n) is 12.7. The van der Waals surface area contributed by atoms with Crippen LogP contribution in [0.2, 0.25) is 0 Å². The third-order valence-corrected chi connectivity index (χ3v) is 9.62. The molecule has 2 atom stereocenters. The number of methoxy groups -OCH3 is 1. The maximum Gasteiger partial charge on any atom is 0.354 e. The van der Waals surface area contributed by atoms with Crippen LogP contribution in [0.5, 0.6) is 5.75 Å². The number of likely N-dealkylation sites (N-methyl/N-ethyl adjacent to an activating group) is 1. The Morgan fingerprint density at radius 1 is 1.15 bits per heavy atom. The zero-order valence-corrected chi connectivity index (χ0v) is 24.6. The summed E-state index contributed by atoms with van der Waals surface area (Å²) in [4.78, 5) is 32.6. The SMILES string of the molecule is CCN1C(=O)C2=C(CC1(C)C)OC1=C(C(O)CC3(CC3)C1)[C@H]2c1c(OC)ccc(-c2ccc(C)c(C(=O)O)n2)c1C. The number of aliphatic hydroxyl groups excluding tert-OH is 1. The van der Waals surface area contributed by atoms with E-state index in [2.05, 4.69) is 18.8 Å². The average molecular weight is 559 g/mol. The van der Waals surface area contributed by atoms with Crippen molar-refractivity contribution in [2.45, 2.75) is 84.3 Å². The van der Waals surface area contributed by atoms with Gasteiger partial charge in [0, 0.05) is 47.5 Å². The van der Waals surface area contributed by atoms with Gasteiger partial charge in [0.1, 0.15) is 17.3 Å². The van der Waals surface area contributed by atoms with Crippen LogP contribution in [0.4, 0.5) is 0 Å². The van der Waals surface area contributed by atoms with Gasteiger partial charge in [-0.3, -0.25) is 4.79 Å². The molecule has 0 saturated heterocycles. The molecule has 1 aromatic carbocycles. The summed E-state index contributed by atoms with van der Waals surface area (Å²) < 4.78 is 12.5. The quantitative estimate of drug-likeness (QED) is 0.487. The Morgan fingerprint density at radius 3 is 2.51 bits per heavy atom. The first-order chi connectivity index (χ1) is 19.4. The van der Waals surface area contributed by atoms with Crippen LogP contribution in [0.25, 0.3) is 11.3 Å². The van der Waals surface area contributed by atoms with Crippen molar-refractivity contribution in [2.24, 2.45) is 5.41 Å². The van der Waals surface area contributed by atoms with E-state index in [9.17, 15) is 19.8 Å². The maximum absolute atomic E-state index is 14.3. The van der Waals surface area contributed by atoms with Gasteiger partial charge in [-0.05, 0) is 88.6 Å². The van der Waals surface area contributed by atoms with Crippen LogP contribution in [0.3, 0.4) is 0 Å². The lowest BCUT2D eigenvalue weighted by Gasteiger charge is -2.48. The van der Waals surface area contributed by atoms with Gasteiger partial charge >= 0.3 is 5.97 Å². The number of aromatic carboxylic acids is 1. The largest absolute Gasteiger partial charge is 0.496 e. The molecule has 1 fully saturated rings. The number of carbonyl (C=O) groups is 2. The summed E-state index contributed by atoms with van der Waals surface area (Å²) in [6.07, 6.45) is 3.35. The van der Waals surface area contributed by atoms with E-state index in [0.717, 1.165) is 47.3 Å². The molecule has 1 amide bonds. The summed E-state index contributed by atoms with van der Waals surface area (Å²) in [7, 11) is 1.61. The number of allylic oxidation sites excluding steroid dienone is 1. The fourth-order valence-electron chi connectivity index (χ4n) is 7.31. The normalized spacial score (nSPS) is 24.2. The molecule has 2 aliphatic carbocycles. The molecule has 2 N–H and O–H groups in total. The van der Waals surface area contributed by atoms with Crippen LogP contribution in [0.1, 0.15) is 86.0 Å². The van der Waals surface area contributed by atoms with E-state index in [1.807, 2.05) is 36.9 Å². The summed E-state index contributed by atoms with van der Waals surface area (Å²) >= 11 is 0. The first-order valence-electron chi connectivity index (χ1n) is 14.4. The van der Waals surface area contributed by atoms with Gasteiger partial charge in [-0.1, -0.05) is 6.07 Å². The Labute approximate surface area is 240 Å². The molecule has 3 heterocycles. The molecule has 216 valence electrons. The van der Waals surface area contributed by atoms with Crippen LogP contribution >= 0.6 is 0 Å². The van der Waals surface area contributed by atoms with Gasteiger partial charge in [-0.15, -0.1) is 0 Å². The van der Waals surface area contributed by atoms with Crippen LogP contribution in [-0.4, -0.2) is 57.3 Å². The van der Waals surface area contributed by atoms with Gasteiger partial charge in [-0.2, -0.15) is 0 Å². The number of benzene rings is 1. The fourth-order valence-corrected chi connectivity index (χ4v) is 7.31. The van der Waals surface area contributed by atoms with Gasteiger partial charge in [0.05, 0.1) is 24.5 Å². The number of pyridine rings is 1. The Bertz CT molecular complexity index is 1550. The lowest BCUT2D eigenvalue weighted by molar-refractivity contribution is -0.134. The molecule has 1 saturated carbocycles. The van der Waals surface area contributed by atoms with Crippen LogP contribution in [-0.2, 0) is 9.53 Å². The Morgan fingerprint density at radius 2 is 1.88 bits per heavy atom. The molecular weight excluding hydrogens is 520 g/mol. The average Bonchev–Trinajstić information content (AvgIpc) is 3.64. The topological polar surface area (TPSA) is 109 Å². The Kier molecular flexibility index (Phi) is 6.34. The number of carbonyl (C=O) groups excluding carboxylic acids is 1. The number of rotatable bonds is 5. The summed E-state index contributed by atoms with van der Waals surface area (Å²) in [5.74, 6) is 0.319. The number of aryl methyl sites for hydroxylation is 1. The number of hydrogen-bond donors (Lipinski definition) is 2. The lowest BCUT2D eigenvalue weighted by Crippen LogP contribution is -2.53. The molecule has 0 radical (unpaired) electrons. The second kappa shape index (κ2) is 9.44. The minimum Gasteiger partial charge on any atom is -0.496 e. The van der Waals surface area contributed by atoms with E-state index in [4.69, 9.17) is 9.47 Å². The van der Waals surface area contributed by atoms with E-state index in [-0.39, 0.29) is 17.0 Å². The van der Waals surface area contributed by atoms with Crippen molar-refractivity contribution in [3.8, 4) is 17.0 Å². The first-order valence-corrected chi connectivity index (χ1v) is 14.4. The molecule has 2 aromatic rings. The minimum atomic E-state index is -1.08. The molecule has 8 heteroatoms. The Balaban J connectivity index is 1.60. The predicted molar refractivity (Wildman–Crippen MR) is 154 cm³/mol. The van der Waals surface area contributed by atoms with Gasteiger partial charge in [0.15, 0.2) is 5.69 Å². The summed E-state index contributed by atoms with van der Waals surface area (Å²) in [6, 6.07) is 7.31. The number of hydrogen-bond acceptors (Lipinski definition) is 6. The van der Waals surface area contributed by atoms with Crippen molar-refractivity contribution in [2.75, 3.05) is 13.7 Å². The minimum absolute atomic E-state index is 0.000958. The summed E-state index contributed by atoms with van der Waals surface area (Å²) in [5, 5.41) is 21.4. The predicted octanol–water partition coefficient (Wildman–Crippen LogP) is 5.66. The number of amides is 1. The van der Waals surface area contributed by atoms with Crippen LogP contribution < -0.4 is 4.74 Å². The van der Waals surface area contributed by atoms with Gasteiger partial charge in [-0.25, -0.2) is 9.78 Å². The Hall–Kier alpha value is -3.65. The molecule has 4 aliphatic rings. The van der Waals surface area contributed by atoms with Gasteiger partial charge in [0.25, 0.3) is 5.91 Å². The van der Waals surface area contributed by atoms with Crippen molar-refractivity contribution in [1.82, 2.24) is 9.88 Å². The van der Waals surface area contributed by atoms with Crippen molar-refractivity contribution < 1.29 is 29.3 Å². The highest BCUT2D eigenvalue weighted by Gasteiger charge is 2.55. The highest BCUT2D eigenvalue weighted by Crippen LogP contribution is 2.62. The molecule has 41 heavy (non-hydrogen) atoms. The fraction of sp³-hybridized carbons (Fsp3) is 0.485. The summed E-state index contributed by atoms with van der Waals surface area (Å²) in [5.41, 5.74) is 4.41. The van der Waals surface area contributed by atoms with Gasteiger partial charge < -0.3 is 24.6 Å². The number of carboxylic acids is 1. The molecule has 8 nitrogen and oxygen atoms in total. The van der Waals surface area contributed by atoms with E-state index in [1.165, 1.54) is 0 Å². The van der Waals surface area contributed by atoms with Crippen molar-refractivity contribution in [3.05, 3.63) is 69.3 Å². The zero-order chi connectivity index (χ0) is 29.4. The third-order valence-electron chi connectivity index (χ3n) is 9.62. The number of aromatic nitrogens is 1. The number of ether oxygens (including phenoxy) is 2. The molecule has 2 aliphatic heterocycles. The van der Waals surface area contributed by atoms with Crippen molar-refractivity contribution in [1.29, 1.82) is 0 Å². The molecule has 6 rings (SSSR count). The van der Waals surface area contributed by atoms with Crippen molar-refractivity contribution >= 4 is 11.9 Å². The summed E-state index contributed by atoms with van der Waals surface area (Å²) in [6.45, 7) is 10.3. The molecular formula is C33H38N2O6. The van der Waals surface area contributed by atoms with E-state index in [1.54, 1.807) is 20.1 Å². The van der Waals surface area contributed by atoms with E-state index < -0.39 is 23.5 Å². The molecule has 0 bridgehead atoms.